The fraction of sp³-hybridized carbons (Fsp3) is 0.130. The Balaban J connectivity index is 1.87. The van der Waals surface area contributed by atoms with E-state index in [1.165, 1.54) is 24.1 Å². The zero-order chi connectivity index (χ0) is 22.8. The van der Waals surface area contributed by atoms with Gasteiger partial charge in [0.25, 0.3) is 11.7 Å². The normalized spacial score (nSPS) is 17.6. The van der Waals surface area contributed by atoms with E-state index in [9.17, 15) is 14.7 Å². The number of carbonyl (C=O) groups excluding carboxylic acids is 2. The lowest BCUT2D eigenvalue weighted by Gasteiger charge is -2.24. The number of methoxy groups -OCH3 is 1. The zero-order valence-electron chi connectivity index (χ0n) is 16.8. The number of aromatic nitrogens is 2. The first kappa shape index (κ1) is 21.8. The predicted octanol–water partition coefficient (Wildman–Crippen LogP) is 4.41. The molecule has 0 radical (unpaired) electrons. The highest BCUT2D eigenvalue weighted by molar-refractivity contribution is 6.46. The number of carbonyl (C=O) groups is 2. The van der Waals surface area contributed by atoms with Crippen LogP contribution in [0.15, 0.2) is 66.6 Å². The number of aliphatic hydroxyl groups excluding tert-OH is 1. The molecule has 162 valence electrons. The van der Waals surface area contributed by atoms with Gasteiger partial charge in [0, 0.05) is 30.7 Å². The number of rotatable bonds is 5. The highest BCUT2D eigenvalue weighted by Crippen LogP contribution is 2.41. The first-order valence-corrected chi connectivity index (χ1v) is 10.3. The van der Waals surface area contributed by atoms with Crippen molar-refractivity contribution in [1.29, 1.82) is 0 Å². The van der Waals surface area contributed by atoms with Gasteiger partial charge in [-0.3, -0.25) is 19.6 Å². The fourth-order valence-electron chi connectivity index (χ4n) is 3.62. The topological polar surface area (TPSA) is 92.6 Å². The van der Waals surface area contributed by atoms with Crippen LogP contribution in [0.2, 0.25) is 10.0 Å². The Morgan fingerprint density at radius 2 is 1.88 bits per heavy atom. The quantitative estimate of drug-likeness (QED) is 0.337. The number of amides is 1. The lowest BCUT2D eigenvalue weighted by molar-refractivity contribution is -0.140. The average Bonchev–Trinajstić information content (AvgIpc) is 3.04. The molecule has 1 amide bonds. The molecule has 0 aliphatic carbocycles. The van der Waals surface area contributed by atoms with E-state index in [2.05, 4.69) is 9.97 Å². The van der Waals surface area contributed by atoms with Crippen LogP contribution in [0.4, 0.5) is 0 Å². The van der Waals surface area contributed by atoms with Crippen LogP contribution < -0.4 is 4.74 Å². The van der Waals surface area contributed by atoms with Gasteiger partial charge in [-0.25, -0.2) is 0 Å². The number of hydrogen-bond acceptors (Lipinski definition) is 6. The number of ketones is 1. The minimum atomic E-state index is -0.906. The fourth-order valence-corrected chi connectivity index (χ4v) is 4.27. The Morgan fingerprint density at radius 3 is 2.47 bits per heavy atom. The largest absolute Gasteiger partial charge is 0.507 e. The van der Waals surface area contributed by atoms with E-state index in [0.717, 1.165) is 5.56 Å². The zero-order valence-corrected chi connectivity index (χ0v) is 18.3. The number of hydrogen-bond donors (Lipinski definition) is 1. The number of halogens is 2. The standard InChI is InChI=1S/C23H17Cl2N3O4/c1-32-22-15(24)9-14(10-16(22)25)20(29)18-19(17-6-2-3-8-27-17)28(23(31)21(18)30)12-13-5-4-7-26-11-13/h2-11,19,29H,12H2,1H3/b20-18+. The van der Waals surface area contributed by atoms with Gasteiger partial charge in [-0.1, -0.05) is 35.3 Å². The van der Waals surface area contributed by atoms with Crippen LogP contribution in [0, 0.1) is 0 Å². The molecule has 1 N–H and O–H groups in total. The van der Waals surface area contributed by atoms with E-state index in [1.807, 2.05) is 0 Å². The molecule has 3 heterocycles. The maximum Gasteiger partial charge on any atom is 0.296 e. The third-order valence-corrected chi connectivity index (χ3v) is 5.62. The van der Waals surface area contributed by atoms with Crippen LogP contribution in [0.3, 0.4) is 0 Å². The van der Waals surface area contributed by atoms with Crippen molar-refractivity contribution in [2.24, 2.45) is 0 Å². The number of likely N-dealkylation sites (tertiary alicyclic amines) is 1. The molecule has 1 aliphatic rings. The van der Waals surface area contributed by atoms with Crippen molar-refractivity contribution in [1.82, 2.24) is 14.9 Å². The van der Waals surface area contributed by atoms with Crippen molar-refractivity contribution < 1.29 is 19.4 Å². The molecule has 0 bridgehead atoms. The molecule has 1 aromatic carbocycles. The molecule has 7 nitrogen and oxygen atoms in total. The van der Waals surface area contributed by atoms with Crippen molar-refractivity contribution in [3.05, 3.63) is 93.5 Å². The molecule has 1 saturated heterocycles. The molecule has 0 saturated carbocycles. The molecule has 1 fully saturated rings. The van der Waals surface area contributed by atoms with Crippen molar-refractivity contribution in [2.45, 2.75) is 12.6 Å². The second kappa shape index (κ2) is 8.98. The summed E-state index contributed by atoms with van der Waals surface area (Å²) in [4.78, 5) is 35.8. The summed E-state index contributed by atoms with van der Waals surface area (Å²) in [6.07, 6.45) is 4.78. The van der Waals surface area contributed by atoms with Crippen LogP contribution in [0.25, 0.3) is 5.76 Å². The summed E-state index contributed by atoms with van der Waals surface area (Å²) in [5.74, 6) is -1.75. The van der Waals surface area contributed by atoms with Crippen molar-refractivity contribution >= 4 is 40.7 Å². The Bertz CT molecular complexity index is 1190. The number of Topliss-reactive ketones (excluding diaryl/α,β-unsaturated/α-hetero) is 1. The Hall–Kier alpha value is -3.42. The first-order chi connectivity index (χ1) is 15.4. The number of ether oxygens (including phenoxy) is 1. The van der Waals surface area contributed by atoms with Gasteiger partial charge in [-0.15, -0.1) is 0 Å². The highest BCUT2D eigenvalue weighted by atomic mass is 35.5. The van der Waals surface area contributed by atoms with Gasteiger partial charge < -0.3 is 14.7 Å². The summed E-state index contributed by atoms with van der Waals surface area (Å²) >= 11 is 12.4. The van der Waals surface area contributed by atoms with Gasteiger partial charge >= 0.3 is 0 Å². The second-order valence-corrected chi connectivity index (χ2v) is 7.83. The van der Waals surface area contributed by atoms with Crippen LogP contribution >= 0.6 is 23.2 Å². The van der Waals surface area contributed by atoms with Gasteiger partial charge in [0.05, 0.1) is 28.4 Å². The number of benzene rings is 1. The minimum Gasteiger partial charge on any atom is -0.507 e. The molecule has 1 aliphatic heterocycles. The van der Waals surface area contributed by atoms with Crippen molar-refractivity contribution in [3.63, 3.8) is 0 Å². The highest BCUT2D eigenvalue weighted by Gasteiger charge is 2.46. The van der Waals surface area contributed by atoms with Crippen molar-refractivity contribution in [2.75, 3.05) is 7.11 Å². The molecule has 1 atom stereocenters. The van der Waals surface area contributed by atoms with Crippen LogP contribution in [-0.2, 0) is 16.1 Å². The molecule has 3 aromatic rings. The van der Waals surface area contributed by atoms with Gasteiger partial charge in [0.2, 0.25) is 0 Å². The Kier molecular flexibility index (Phi) is 6.12. The lowest BCUT2D eigenvalue weighted by atomic mass is 9.98. The molecular weight excluding hydrogens is 453 g/mol. The molecule has 1 unspecified atom stereocenters. The maximum absolute atomic E-state index is 13.1. The predicted molar refractivity (Wildman–Crippen MR) is 119 cm³/mol. The SMILES string of the molecule is COc1c(Cl)cc(/C(O)=C2\C(=O)C(=O)N(Cc3cccnc3)C2c2ccccn2)cc1Cl. The summed E-state index contributed by atoms with van der Waals surface area (Å²) in [5, 5.41) is 11.4. The molecule has 4 rings (SSSR count). The maximum atomic E-state index is 13.1. The molecule has 32 heavy (non-hydrogen) atoms. The van der Waals surface area contributed by atoms with E-state index in [0.29, 0.717) is 5.69 Å². The van der Waals surface area contributed by atoms with Gasteiger partial charge in [0.15, 0.2) is 5.75 Å². The molecule has 9 heteroatoms. The van der Waals surface area contributed by atoms with E-state index >= 15 is 0 Å². The third-order valence-electron chi connectivity index (χ3n) is 5.06. The van der Waals surface area contributed by atoms with E-state index < -0.39 is 23.5 Å². The second-order valence-electron chi connectivity index (χ2n) is 7.02. The summed E-state index contributed by atoms with van der Waals surface area (Å²) in [7, 11) is 1.41. The smallest absolute Gasteiger partial charge is 0.296 e. The third kappa shape index (κ3) is 3.92. The molecule has 2 aromatic heterocycles. The average molecular weight is 470 g/mol. The van der Waals surface area contributed by atoms with Gasteiger partial charge in [-0.05, 0) is 35.9 Å². The number of nitrogens with zero attached hydrogens (tertiary/aromatic N) is 3. The molecule has 0 spiro atoms. The summed E-state index contributed by atoms with van der Waals surface area (Å²) in [6, 6.07) is 10.6. The van der Waals surface area contributed by atoms with Gasteiger partial charge in [0.1, 0.15) is 11.8 Å². The number of aliphatic hydroxyl groups is 1. The number of pyridine rings is 2. The van der Waals surface area contributed by atoms with Crippen LogP contribution in [0.5, 0.6) is 5.75 Å². The molecular formula is C23H17Cl2N3O4. The van der Waals surface area contributed by atoms with Crippen molar-refractivity contribution in [3.8, 4) is 5.75 Å². The minimum absolute atomic E-state index is 0.102. The summed E-state index contributed by atoms with van der Waals surface area (Å²) in [6.45, 7) is 0.112. The lowest BCUT2D eigenvalue weighted by Crippen LogP contribution is -2.29. The summed E-state index contributed by atoms with van der Waals surface area (Å²) < 4.78 is 5.14. The summed E-state index contributed by atoms with van der Waals surface area (Å²) in [5.41, 5.74) is 1.24. The Labute approximate surface area is 193 Å². The Morgan fingerprint density at radius 1 is 1.12 bits per heavy atom. The van der Waals surface area contributed by atoms with Crippen LogP contribution in [0.1, 0.15) is 22.9 Å². The monoisotopic (exact) mass is 469 g/mol. The van der Waals surface area contributed by atoms with Gasteiger partial charge in [-0.2, -0.15) is 0 Å². The van der Waals surface area contributed by atoms with Crippen LogP contribution in [-0.4, -0.2) is 38.8 Å². The first-order valence-electron chi connectivity index (χ1n) is 9.54. The van der Waals surface area contributed by atoms with E-state index in [4.69, 9.17) is 27.9 Å². The van der Waals surface area contributed by atoms with E-state index in [1.54, 1.807) is 48.9 Å². The van der Waals surface area contributed by atoms with E-state index in [-0.39, 0.29) is 33.5 Å².